The van der Waals surface area contributed by atoms with Crippen molar-refractivity contribution in [2.45, 2.75) is 0 Å². The number of aryl methyl sites for hydroxylation is 1. The Kier molecular flexibility index (Phi) is 3.23. The molecular formula is C13H15N2O2+. The van der Waals surface area contributed by atoms with Crippen LogP contribution in [0.15, 0.2) is 36.7 Å². The van der Waals surface area contributed by atoms with Crippen molar-refractivity contribution < 1.29 is 14.0 Å². The monoisotopic (exact) mass is 231 g/mol. The summed E-state index contributed by atoms with van der Waals surface area (Å²) in [6.07, 6.45) is 3.67. The molecule has 0 spiro atoms. The summed E-state index contributed by atoms with van der Waals surface area (Å²) in [7, 11) is 5.26. The third-order valence-electron chi connectivity index (χ3n) is 2.59. The van der Waals surface area contributed by atoms with Gasteiger partial charge in [0.25, 0.3) is 0 Å². The summed E-state index contributed by atoms with van der Waals surface area (Å²) < 4.78 is 12.4. The molecule has 17 heavy (non-hydrogen) atoms. The van der Waals surface area contributed by atoms with E-state index in [1.165, 1.54) is 0 Å². The summed E-state index contributed by atoms with van der Waals surface area (Å²) in [5.41, 5.74) is 1.83. The van der Waals surface area contributed by atoms with Gasteiger partial charge in [-0.15, -0.1) is 0 Å². The molecule has 0 aliphatic heterocycles. The lowest BCUT2D eigenvalue weighted by atomic mass is 10.2. The van der Waals surface area contributed by atoms with Crippen LogP contribution in [-0.2, 0) is 7.05 Å². The van der Waals surface area contributed by atoms with E-state index < -0.39 is 0 Å². The molecule has 2 aromatic heterocycles. The first-order valence-corrected chi connectivity index (χ1v) is 5.28. The quantitative estimate of drug-likeness (QED) is 0.752. The molecule has 0 fully saturated rings. The number of ether oxygens (including phenoxy) is 2. The van der Waals surface area contributed by atoms with Crippen molar-refractivity contribution >= 4 is 0 Å². The van der Waals surface area contributed by atoms with Gasteiger partial charge in [0.05, 0.1) is 20.3 Å². The minimum Gasteiger partial charge on any atom is -0.497 e. The number of methoxy groups -OCH3 is 2. The first-order chi connectivity index (χ1) is 8.24. The molecule has 0 aliphatic rings. The second-order valence-electron chi connectivity index (χ2n) is 3.64. The third-order valence-corrected chi connectivity index (χ3v) is 2.59. The smallest absolute Gasteiger partial charge is 0.234 e. The van der Waals surface area contributed by atoms with E-state index in [0.29, 0.717) is 0 Å². The minimum atomic E-state index is 0.790. The first-order valence-electron chi connectivity index (χ1n) is 5.28. The number of rotatable bonds is 3. The molecule has 88 valence electrons. The summed E-state index contributed by atoms with van der Waals surface area (Å²) >= 11 is 0. The molecule has 2 heterocycles. The molecule has 0 amide bonds. The highest BCUT2D eigenvalue weighted by Crippen LogP contribution is 2.21. The van der Waals surface area contributed by atoms with Crippen LogP contribution < -0.4 is 14.0 Å². The van der Waals surface area contributed by atoms with E-state index in [1.807, 2.05) is 42.1 Å². The number of hydrogen-bond acceptors (Lipinski definition) is 3. The maximum atomic E-state index is 5.22. The maximum Gasteiger partial charge on any atom is 0.234 e. The summed E-state index contributed by atoms with van der Waals surface area (Å²) in [5.74, 6) is 1.60. The molecule has 0 aliphatic carbocycles. The van der Waals surface area contributed by atoms with Crippen molar-refractivity contribution in [3.63, 3.8) is 0 Å². The molecule has 0 radical (unpaired) electrons. The van der Waals surface area contributed by atoms with E-state index in [-0.39, 0.29) is 0 Å². The van der Waals surface area contributed by atoms with Crippen LogP contribution in [0.3, 0.4) is 0 Å². The van der Waals surface area contributed by atoms with Gasteiger partial charge in [-0.3, -0.25) is 0 Å². The predicted molar refractivity (Wildman–Crippen MR) is 64.0 cm³/mol. The first kappa shape index (κ1) is 11.4. The van der Waals surface area contributed by atoms with Gasteiger partial charge in [-0.2, -0.15) is 4.57 Å². The Morgan fingerprint density at radius 3 is 2.47 bits per heavy atom. The molecule has 0 N–H and O–H groups in total. The van der Waals surface area contributed by atoms with Gasteiger partial charge in [0.2, 0.25) is 5.69 Å². The van der Waals surface area contributed by atoms with Crippen LogP contribution in [0.5, 0.6) is 11.5 Å². The van der Waals surface area contributed by atoms with Crippen LogP contribution in [0.1, 0.15) is 0 Å². The van der Waals surface area contributed by atoms with Gasteiger partial charge in [-0.25, -0.2) is 4.98 Å². The fraction of sp³-hybridized carbons (Fsp3) is 0.231. The van der Waals surface area contributed by atoms with E-state index >= 15 is 0 Å². The fourth-order valence-corrected chi connectivity index (χ4v) is 1.61. The Morgan fingerprint density at radius 2 is 1.76 bits per heavy atom. The van der Waals surface area contributed by atoms with Crippen LogP contribution in [-0.4, -0.2) is 19.2 Å². The average Bonchev–Trinajstić information content (AvgIpc) is 2.39. The average molecular weight is 231 g/mol. The molecule has 4 nitrogen and oxygen atoms in total. The topological polar surface area (TPSA) is 35.2 Å². The molecule has 4 heteroatoms. The van der Waals surface area contributed by atoms with Crippen LogP contribution in [0.4, 0.5) is 0 Å². The zero-order valence-corrected chi connectivity index (χ0v) is 10.2. The second-order valence-corrected chi connectivity index (χ2v) is 3.64. The van der Waals surface area contributed by atoms with Crippen molar-refractivity contribution in [1.29, 1.82) is 0 Å². The predicted octanol–water partition coefficient (Wildman–Crippen LogP) is 1.59. The minimum absolute atomic E-state index is 0.790. The van der Waals surface area contributed by atoms with Crippen molar-refractivity contribution in [3.8, 4) is 22.9 Å². The molecule has 0 atom stereocenters. The van der Waals surface area contributed by atoms with Crippen LogP contribution in [0, 0.1) is 0 Å². The Labute approximate surface area is 100 Å². The lowest BCUT2D eigenvalue weighted by Crippen LogP contribution is -2.30. The largest absolute Gasteiger partial charge is 0.497 e. The fourth-order valence-electron chi connectivity index (χ4n) is 1.61. The van der Waals surface area contributed by atoms with Gasteiger partial charge < -0.3 is 9.47 Å². The van der Waals surface area contributed by atoms with E-state index in [4.69, 9.17) is 9.47 Å². The summed E-state index contributed by atoms with van der Waals surface area (Å²) in [6.45, 7) is 0. The molecule has 0 saturated heterocycles. The Balaban J connectivity index is 2.50. The highest BCUT2D eigenvalue weighted by atomic mass is 16.5. The van der Waals surface area contributed by atoms with Crippen molar-refractivity contribution in [1.82, 2.24) is 4.98 Å². The molecule has 0 saturated carbocycles. The number of aromatic nitrogens is 2. The zero-order valence-electron chi connectivity index (χ0n) is 10.2. The van der Waals surface area contributed by atoms with Gasteiger partial charge in [0.1, 0.15) is 24.2 Å². The number of nitrogens with zero attached hydrogens (tertiary/aromatic N) is 2. The highest BCUT2D eigenvalue weighted by Gasteiger charge is 2.13. The second kappa shape index (κ2) is 4.82. The molecule has 2 rings (SSSR count). The standard InChI is InChI=1S/C13H15N2O2/c1-15-7-5-11(17-3)9-13(15)12-8-10(16-2)4-6-14-12/h4-9H,1-3H3/q+1. The highest BCUT2D eigenvalue weighted by molar-refractivity contribution is 5.54. The Morgan fingerprint density at radius 1 is 1.06 bits per heavy atom. The molecule has 2 aromatic rings. The number of pyridine rings is 2. The van der Waals surface area contributed by atoms with Crippen LogP contribution >= 0.6 is 0 Å². The molecular weight excluding hydrogens is 216 g/mol. The maximum absolute atomic E-state index is 5.22. The zero-order chi connectivity index (χ0) is 12.3. The van der Waals surface area contributed by atoms with Crippen molar-refractivity contribution in [3.05, 3.63) is 36.7 Å². The molecule has 0 aromatic carbocycles. The third kappa shape index (κ3) is 2.36. The van der Waals surface area contributed by atoms with Gasteiger partial charge >= 0.3 is 0 Å². The van der Waals surface area contributed by atoms with Gasteiger partial charge in [-0.05, 0) is 6.07 Å². The van der Waals surface area contributed by atoms with E-state index in [9.17, 15) is 0 Å². The normalized spacial score (nSPS) is 10.1. The SMILES string of the molecule is COc1ccnc(-c2cc(OC)cc[n+]2C)c1. The van der Waals surface area contributed by atoms with E-state index in [1.54, 1.807) is 20.4 Å². The molecule has 0 unspecified atom stereocenters. The summed E-state index contributed by atoms with van der Waals surface area (Å²) in [5, 5.41) is 0. The van der Waals surface area contributed by atoms with Crippen LogP contribution in [0.2, 0.25) is 0 Å². The lowest BCUT2D eigenvalue weighted by molar-refractivity contribution is -0.660. The Hall–Kier alpha value is -2.10. The van der Waals surface area contributed by atoms with E-state index in [2.05, 4.69) is 4.98 Å². The van der Waals surface area contributed by atoms with Crippen LogP contribution in [0.25, 0.3) is 11.4 Å². The summed E-state index contributed by atoms with van der Waals surface area (Å²) in [4.78, 5) is 4.34. The number of hydrogen-bond donors (Lipinski definition) is 0. The van der Waals surface area contributed by atoms with Crippen molar-refractivity contribution in [2.75, 3.05) is 14.2 Å². The van der Waals surface area contributed by atoms with E-state index in [0.717, 1.165) is 22.9 Å². The summed E-state index contributed by atoms with van der Waals surface area (Å²) in [6, 6.07) is 7.57. The van der Waals surface area contributed by atoms with Gasteiger partial charge in [0.15, 0.2) is 6.20 Å². The van der Waals surface area contributed by atoms with Gasteiger partial charge in [-0.1, -0.05) is 0 Å². The lowest BCUT2D eigenvalue weighted by Gasteiger charge is -2.04. The van der Waals surface area contributed by atoms with Gasteiger partial charge in [0, 0.05) is 18.3 Å². The van der Waals surface area contributed by atoms with Crippen molar-refractivity contribution in [2.24, 2.45) is 7.05 Å². The Bertz CT molecular complexity index is 527. The molecule has 0 bridgehead atoms.